The number of nitrogens with one attached hydrogen (secondary N) is 1. The van der Waals surface area contributed by atoms with Gasteiger partial charge in [0.1, 0.15) is 5.69 Å². The van der Waals surface area contributed by atoms with Crippen LogP contribution < -0.4 is 14.8 Å². The van der Waals surface area contributed by atoms with Gasteiger partial charge in [-0.3, -0.25) is 4.79 Å². The number of benzene rings is 2. The fourth-order valence-corrected chi connectivity index (χ4v) is 3.36. The normalized spacial score (nSPS) is 14.2. The highest BCUT2D eigenvalue weighted by molar-refractivity contribution is 5.95. The van der Waals surface area contributed by atoms with E-state index in [2.05, 4.69) is 5.32 Å². The first-order chi connectivity index (χ1) is 14.0. The fourth-order valence-electron chi connectivity index (χ4n) is 3.36. The van der Waals surface area contributed by atoms with E-state index in [4.69, 9.17) is 14.7 Å². The minimum absolute atomic E-state index is 0.0686. The van der Waals surface area contributed by atoms with E-state index in [0.717, 1.165) is 12.1 Å². The molecule has 29 heavy (non-hydrogen) atoms. The topological polar surface area (TPSA) is 74.6 Å². The van der Waals surface area contributed by atoms with Gasteiger partial charge in [0.05, 0.1) is 25.9 Å². The molecule has 0 spiro atoms. The van der Waals surface area contributed by atoms with E-state index in [0.29, 0.717) is 43.0 Å². The molecule has 1 aliphatic rings. The van der Waals surface area contributed by atoms with Gasteiger partial charge in [0.2, 0.25) is 0 Å². The Labute approximate surface area is 167 Å². The highest BCUT2D eigenvalue weighted by Gasteiger charge is 2.25. The standard InChI is InChI=1S/C21H21F2N3O3/c1-28-18-4-3-14(11-19(18)29-2)21(27)26-7-5-15(6-8-26)25-20-16(22)9-13(12-24)10-17(20)23/h3-4,9-11,15,25H,5-8H2,1-2H3. The highest BCUT2D eigenvalue weighted by atomic mass is 19.1. The third-order valence-electron chi connectivity index (χ3n) is 4.93. The molecular formula is C21H21F2N3O3. The van der Waals surface area contributed by atoms with E-state index < -0.39 is 11.6 Å². The zero-order chi connectivity index (χ0) is 21.0. The van der Waals surface area contributed by atoms with E-state index in [1.165, 1.54) is 14.2 Å². The number of amides is 1. The molecule has 0 aliphatic carbocycles. The lowest BCUT2D eigenvalue weighted by atomic mass is 10.0. The number of carbonyl (C=O) groups excluding carboxylic acids is 1. The average Bonchev–Trinajstić information content (AvgIpc) is 2.75. The summed E-state index contributed by atoms with van der Waals surface area (Å²) in [5, 5.41) is 11.6. The van der Waals surface area contributed by atoms with Crippen molar-refractivity contribution in [3.63, 3.8) is 0 Å². The van der Waals surface area contributed by atoms with Gasteiger partial charge in [0.25, 0.3) is 5.91 Å². The van der Waals surface area contributed by atoms with Crippen LogP contribution in [0.1, 0.15) is 28.8 Å². The van der Waals surface area contributed by atoms with Crippen LogP contribution in [-0.2, 0) is 0 Å². The van der Waals surface area contributed by atoms with Crippen molar-refractivity contribution in [1.82, 2.24) is 4.90 Å². The first-order valence-electron chi connectivity index (χ1n) is 9.13. The maximum Gasteiger partial charge on any atom is 0.253 e. The van der Waals surface area contributed by atoms with E-state index in [9.17, 15) is 13.6 Å². The molecule has 0 radical (unpaired) electrons. The van der Waals surface area contributed by atoms with Crippen molar-refractivity contribution in [2.24, 2.45) is 0 Å². The Kier molecular flexibility index (Phi) is 6.17. The lowest BCUT2D eigenvalue weighted by molar-refractivity contribution is 0.0718. The number of rotatable bonds is 5. The number of nitrogens with zero attached hydrogens (tertiary/aromatic N) is 2. The molecule has 0 saturated carbocycles. The Hall–Kier alpha value is -3.34. The predicted molar refractivity (Wildman–Crippen MR) is 103 cm³/mol. The zero-order valence-corrected chi connectivity index (χ0v) is 16.2. The Morgan fingerprint density at radius 2 is 1.72 bits per heavy atom. The molecule has 152 valence electrons. The number of piperidine rings is 1. The summed E-state index contributed by atoms with van der Waals surface area (Å²) in [5.74, 6) is -0.726. The van der Waals surface area contributed by atoms with Gasteiger partial charge in [-0.05, 0) is 43.2 Å². The predicted octanol–water partition coefficient (Wildman–Crippen LogP) is 3.57. The Morgan fingerprint density at radius 3 is 2.28 bits per heavy atom. The Balaban J connectivity index is 1.64. The van der Waals surface area contributed by atoms with Crippen LogP contribution in [0.3, 0.4) is 0 Å². The van der Waals surface area contributed by atoms with Crippen molar-refractivity contribution in [2.45, 2.75) is 18.9 Å². The molecule has 0 bridgehead atoms. The third-order valence-corrected chi connectivity index (χ3v) is 4.93. The van der Waals surface area contributed by atoms with Crippen LogP contribution in [0.25, 0.3) is 0 Å². The monoisotopic (exact) mass is 401 g/mol. The SMILES string of the molecule is COc1ccc(C(=O)N2CCC(Nc3c(F)cc(C#N)cc3F)CC2)cc1OC. The quantitative estimate of drug-likeness (QED) is 0.829. The molecule has 1 fully saturated rings. The summed E-state index contributed by atoms with van der Waals surface area (Å²) in [6.45, 7) is 0.898. The number of carbonyl (C=O) groups is 1. The summed E-state index contributed by atoms with van der Waals surface area (Å²) in [7, 11) is 3.03. The molecule has 6 nitrogen and oxygen atoms in total. The molecule has 1 N–H and O–H groups in total. The van der Waals surface area contributed by atoms with Gasteiger partial charge in [0.15, 0.2) is 23.1 Å². The maximum atomic E-state index is 14.1. The summed E-state index contributed by atoms with van der Waals surface area (Å²) in [5.41, 5.74) is 0.174. The molecule has 1 amide bonds. The van der Waals surface area contributed by atoms with Crippen molar-refractivity contribution in [3.05, 3.63) is 53.1 Å². The van der Waals surface area contributed by atoms with Crippen molar-refractivity contribution < 1.29 is 23.0 Å². The first kappa shape index (κ1) is 20.4. The highest BCUT2D eigenvalue weighted by Crippen LogP contribution is 2.29. The number of hydrogen-bond donors (Lipinski definition) is 1. The number of anilines is 1. The smallest absolute Gasteiger partial charge is 0.253 e. The molecule has 3 rings (SSSR count). The molecule has 2 aromatic carbocycles. The van der Waals surface area contributed by atoms with E-state index in [-0.39, 0.29) is 23.2 Å². The van der Waals surface area contributed by atoms with Crippen LogP contribution in [0.2, 0.25) is 0 Å². The second kappa shape index (κ2) is 8.78. The van der Waals surface area contributed by atoms with Crippen LogP contribution >= 0.6 is 0 Å². The molecule has 1 saturated heterocycles. The Morgan fingerprint density at radius 1 is 1.10 bits per heavy atom. The molecule has 0 aromatic heterocycles. The van der Waals surface area contributed by atoms with Crippen LogP contribution in [-0.4, -0.2) is 44.2 Å². The molecule has 8 heteroatoms. The number of likely N-dealkylation sites (tertiary alicyclic amines) is 1. The molecule has 1 heterocycles. The summed E-state index contributed by atoms with van der Waals surface area (Å²) in [6, 6.07) is 8.53. The lowest BCUT2D eigenvalue weighted by Crippen LogP contribution is -2.42. The molecular weight excluding hydrogens is 380 g/mol. The van der Waals surface area contributed by atoms with Crippen LogP contribution in [0.4, 0.5) is 14.5 Å². The van der Waals surface area contributed by atoms with Gasteiger partial charge in [-0.1, -0.05) is 0 Å². The van der Waals surface area contributed by atoms with Crippen molar-refractivity contribution in [3.8, 4) is 17.6 Å². The number of methoxy groups -OCH3 is 2. The van der Waals surface area contributed by atoms with Gasteiger partial charge < -0.3 is 19.7 Å². The lowest BCUT2D eigenvalue weighted by Gasteiger charge is -2.33. The van der Waals surface area contributed by atoms with Crippen molar-refractivity contribution >= 4 is 11.6 Å². The van der Waals surface area contributed by atoms with Crippen LogP contribution in [0.15, 0.2) is 30.3 Å². The van der Waals surface area contributed by atoms with Gasteiger partial charge in [-0.2, -0.15) is 5.26 Å². The number of nitriles is 1. The first-order valence-corrected chi connectivity index (χ1v) is 9.13. The largest absolute Gasteiger partial charge is 0.493 e. The van der Waals surface area contributed by atoms with Crippen molar-refractivity contribution in [2.75, 3.05) is 32.6 Å². The number of hydrogen-bond acceptors (Lipinski definition) is 5. The second-order valence-corrected chi connectivity index (χ2v) is 6.71. The summed E-state index contributed by atoms with van der Waals surface area (Å²) < 4.78 is 38.6. The van der Waals surface area contributed by atoms with Gasteiger partial charge >= 0.3 is 0 Å². The van der Waals surface area contributed by atoms with Gasteiger partial charge in [-0.25, -0.2) is 8.78 Å². The summed E-state index contributed by atoms with van der Waals surface area (Å²) in [6.07, 6.45) is 1.08. The summed E-state index contributed by atoms with van der Waals surface area (Å²) >= 11 is 0. The summed E-state index contributed by atoms with van der Waals surface area (Å²) in [4.78, 5) is 14.5. The Bertz CT molecular complexity index is 928. The number of halogens is 2. The molecule has 2 aromatic rings. The fraction of sp³-hybridized carbons (Fsp3) is 0.333. The van der Waals surface area contributed by atoms with E-state index in [1.54, 1.807) is 29.2 Å². The third kappa shape index (κ3) is 4.40. The molecule has 1 aliphatic heterocycles. The van der Waals surface area contributed by atoms with E-state index >= 15 is 0 Å². The molecule has 0 atom stereocenters. The minimum Gasteiger partial charge on any atom is -0.493 e. The van der Waals surface area contributed by atoms with Crippen LogP contribution in [0, 0.1) is 23.0 Å². The average molecular weight is 401 g/mol. The van der Waals surface area contributed by atoms with E-state index in [1.807, 2.05) is 0 Å². The van der Waals surface area contributed by atoms with Gasteiger partial charge in [-0.15, -0.1) is 0 Å². The number of ether oxygens (including phenoxy) is 2. The molecule has 0 unspecified atom stereocenters. The second-order valence-electron chi connectivity index (χ2n) is 6.71. The zero-order valence-electron chi connectivity index (χ0n) is 16.2. The van der Waals surface area contributed by atoms with Gasteiger partial charge in [0, 0.05) is 24.7 Å². The minimum atomic E-state index is -0.801. The maximum absolute atomic E-state index is 14.1. The van der Waals surface area contributed by atoms with Crippen molar-refractivity contribution in [1.29, 1.82) is 5.26 Å². The van der Waals surface area contributed by atoms with Crippen LogP contribution in [0.5, 0.6) is 11.5 Å².